The molecule has 1 unspecified atom stereocenters. The van der Waals surface area contributed by atoms with E-state index in [1.54, 1.807) is 6.07 Å². The number of rotatable bonds is 4. The summed E-state index contributed by atoms with van der Waals surface area (Å²) in [6, 6.07) is 11.0. The largest absolute Gasteiger partial charge is 0.271 e. The first-order chi connectivity index (χ1) is 9.51. The molecule has 1 atom stereocenters. The van der Waals surface area contributed by atoms with Crippen molar-refractivity contribution in [3.05, 3.63) is 68.9 Å². The van der Waals surface area contributed by atoms with Crippen molar-refractivity contribution in [2.75, 3.05) is 0 Å². The Morgan fingerprint density at radius 1 is 1.15 bits per heavy atom. The first kappa shape index (κ1) is 15.2. The Kier molecular flexibility index (Phi) is 4.91. The Morgan fingerprint density at radius 2 is 1.90 bits per heavy atom. The van der Waals surface area contributed by atoms with Crippen molar-refractivity contribution in [2.24, 2.45) is 5.84 Å². The highest BCUT2D eigenvalue weighted by molar-refractivity contribution is 9.10. The number of hydrogen-bond donors (Lipinski definition) is 2. The average molecular weight is 337 g/mol. The lowest BCUT2D eigenvalue weighted by Crippen LogP contribution is -2.30. The fourth-order valence-electron chi connectivity index (χ4n) is 2.35. The molecule has 0 fully saturated rings. The molecule has 0 aliphatic heterocycles. The van der Waals surface area contributed by atoms with Crippen molar-refractivity contribution >= 4 is 15.9 Å². The minimum Gasteiger partial charge on any atom is -0.271 e. The molecule has 106 valence electrons. The van der Waals surface area contributed by atoms with E-state index >= 15 is 0 Å². The van der Waals surface area contributed by atoms with Crippen LogP contribution in [0.5, 0.6) is 0 Å². The minimum absolute atomic E-state index is 0.00309. The van der Waals surface area contributed by atoms with Gasteiger partial charge in [0.25, 0.3) is 0 Å². The third-order valence-corrected chi connectivity index (χ3v) is 4.04. The molecule has 0 saturated heterocycles. The van der Waals surface area contributed by atoms with Crippen molar-refractivity contribution < 1.29 is 4.39 Å². The van der Waals surface area contributed by atoms with Gasteiger partial charge in [-0.05, 0) is 66.8 Å². The van der Waals surface area contributed by atoms with Gasteiger partial charge in [-0.1, -0.05) is 28.1 Å². The Morgan fingerprint density at radius 3 is 2.55 bits per heavy atom. The summed E-state index contributed by atoms with van der Waals surface area (Å²) in [6.07, 6.45) is 0.722. The molecule has 2 aromatic rings. The molecule has 20 heavy (non-hydrogen) atoms. The van der Waals surface area contributed by atoms with Crippen LogP contribution in [0.1, 0.15) is 28.3 Å². The predicted molar refractivity (Wildman–Crippen MR) is 83.8 cm³/mol. The normalized spacial score (nSPS) is 12.4. The number of hydrazine groups is 1. The first-order valence-corrected chi connectivity index (χ1v) is 7.27. The molecule has 0 radical (unpaired) electrons. The second-order valence-corrected chi connectivity index (χ2v) is 5.91. The first-order valence-electron chi connectivity index (χ1n) is 6.48. The lowest BCUT2D eigenvalue weighted by molar-refractivity contribution is 0.546. The highest BCUT2D eigenvalue weighted by Crippen LogP contribution is 2.26. The number of aryl methyl sites for hydroxylation is 2. The van der Waals surface area contributed by atoms with Crippen molar-refractivity contribution in [3.8, 4) is 0 Å². The molecule has 0 amide bonds. The van der Waals surface area contributed by atoms with E-state index in [4.69, 9.17) is 5.84 Å². The lowest BCUT2D eigenvalue weighted by atomic mass is 9.94. The maximum atomic E-state index is 13.2. The summed E-state index contributed by atoms with van der Waals surface area (Å²) in [7, 11) is 0. The third-order valence-electron chi connectivity index (χ3n) is 3.55. The molecular formula is C16H18BrFN2. The average Bonchev–Trinajstić information content (AvgIpc) is 2.41. The molecule has 0 saturated carbocycles. The second-order valence-electron chi connectivity index (χ2n) is 5.00. The van der Waals surface area contributed by atoms with E-state index < -0.39 is 0 Å². The SMILES string of the molecule is Cc1cc(F)ccc1CC(NN)c1cc(Br)ccc1C. The van der Waals surface area contributed by atoms with E-state index in [0.29, 0.717) is 0 Å². The number of halogens is 2. The fraction of sp³-hybridized carbons (Fsp3) is 0.250. The molecule has 0 aromatic heterocycles. The van der Waals surface area contributed by atoms with Gasteiger partial charge in [0.1, 0.15) is 5.82 Å². The summed E-state index contributed by atoms with van der Waals surface area (Å²) in [6.45, 7) is 3.98. The molecule has 2 aromatic carbocycles. The lowest BCUT2D eigenvalue weighted by Gasteiger charge is -2.20. The maximum absolute atomic E-state index is 13.2. The summed E-state index contributed by atoms with van der Waals surface area (Å²) < 4.78 is 14.2. The molecule has 0 heterocycles. The van der Waals surface area contributed by atoms with Gasteiger partial charge < -0.3 is 0 Å². The van der Waals surface area contributed by atoms with Crippen molar-refractivity contribution in [1.82, 2.24) is 5.43 Å². The van der Waals surface area contributed by atoms with Gasteiger partial charge in [0.15, 0.2) is 0 Å². The van der Waals surface area contributed by atoms with Gasteiger partial charge in [-0.3, -0.25) is 11.3 Å². The zero-order valence-electron chi connectivity index (χ0n) is 11.6. The van der Waals surface area contributed by atoms with Gasteiger partial charge in [-0.25, -0.2) is 4.39 Å². The summed E-state index contributed by atoms with van der Waals surface area (Å²) in [4.78, 5) is 0. The molecular weight excluding hydrogens is 319 g/mol. The van der Waals surface area contributed by atoms with Crippen LogP contribution in [0.15, 0.2) is 40.9 Å². The topological polar surface area (TPSA) is 38.0 Å². The quantitative estimate of drug-likeness (QED) is 0.655. The van der Waals surface area contributed by atoms with Gasteiger partial charge in [0.05, 0.1) is 6.04 Å². The van der Waals surface area contributed by atoms with E-state index in [2.05, 4.69) is 40.4 Å². The molecule has 0 bridgehead atoms. The number of nitrogens with two attached hydrogens (primary N) is 1. The fourth-order valence-corrected chi connectivity index (χ4v) is 2.73. The van der Waals surface area contributed by atoms with Crippen molar-refractivity contribution in [1.29, 1.82) is 0 Å². The zero-order chi connectivity index (χ0) is 14.7. The summed E-state index contributed by atoms with van der Waals surface area (Å²) in [5, 5.41) is 0. The van der Waals surface area contributed by atoms with Crippen molar-refractivity contribution in [3.63, 3.8) is 0 Å². The third kappa shape index (κ3) is 3.45. The number of benzene rings is 2. The second kappa shape index (κ2) is 6.48. The molecule has 0 aliphatic rings. The molecule has 4 heteroatoms. The molecule has 2 rings (SSSR count). The Balaban J connectivity index is 2.31. The highest BCUT2D eigenvalue weighted by Gasteiger charge is 2.14. The minimum atomic E-state index is -0.206. The zero-order valence-corrected chi connectivity index (χ0v) is 13.2. The van der Waals surface area contributed by atoms with E-state index in [0.717, 1.165) is 27.6 Å². The van der Waals surface area contributed by atoms with Gasteiger partial charge in [-0.2, -0.15) is 0 Å². The van der Waals surface area contributed by atoms with Gasteiger partial charge in [0, 0.05) is 4.47 Å². The maximum Gasteiger partial charge on any atom is 0.123 e. The van der Waals surface area contributed by atoms with Crippen LogP contribution in [0.4, 0.5) is 4.39 Å². The molecule has 3 N–H and O–H groups in total. The van der Waals surface area contributed by atoms with Gasteiger partial charge >= 0.3 is 0 Å². The van der Waals surface area contributed by atoms with Crippen LogP contribution in [0.3, 0.4) is 0 Å². The van der Waals surface area contributed by atoms with Crippen LogP contribution >= 0.6 is 15.9 Å². The van der Waals surface area contributed by atoms with Crippen LogP contribution in [0, 0.1) is 19.7 Å². The molecule has 2 nitrogen and oxygen atoms in total. The predicted octanol–water partition coefficient (Wildman–Crippen LogP) is 3.95. The van der Waals surface area contributed by atoms with Crippen LogP contribution in [0.2, 0.25) is 0 Å². The van der Waals surface area contributed by atoms with Gasteiger partial charge in [0.2, 0.25) is 0 Å². The van der Waals surface area contributed by atoms with Crippen LogP contribution in [0.25, 0.3) is 0 Å². The molecule has 0 spiro atoms. The highest BCUT2D eigenvalue weighted by atomic mass is 79.9. The Bertz CT molecular complexity index is 613. The Hall–Kier alpha value is -1.23. The summed E-state index contributed by atoms with van der Waals surface area (Å²) in [5.74, 6) is 5.51. The van der Waals surface area contributed by atoms with Crippen LogP contribution < -0.4 is 11.3 Å². The van der Waals surface area contributed by atoms with Crippen LogP contribution in [-0.2, 0) is 6.42 Å². The van der Waals surface area contributed by atoms with Gasteiger partial charge in [-0.15, -0.1) is 0 Å². The van der Waals surface area contributed by atoms with E-state index in [1.165, 1.54) is 11.6 Å². The smallest absolute Gasteiger partial charge is 0.123 e. The van der Waals surface area contributed by atoms with Crippen LogP contribution in [-0.4, -0.2) is 0 Å². The summed E-state index contributed by atoms with van der Waals surface area (Å²) >= 11 is 3.49. The van der Waals surface area contributed by atoms with E-state index in [9.17, 15) is 4.39 Å². The molecule has 0 aliphatic carbocycles. The summed E-state index contributed by atoms with van der Waals surface area (Å²) in [5.41, 5.74) is 7.22. The van der Waals surface area contributed by atoms with E-state index in [-0.39, 0.29) is 11.9 Å². The Labute approximate surface area is 127 Å². The van der Waals surface area contributed by atoms with E-state index in [1.807, 2.05) is 19.1 Å². The monoisotopic (exact) mass is 336 g/mol. The number of hydrogen-bond acceptors (Lipinski definition) is 2. The standard InChI is InChI=1S/C16H18BrFN2/c1-10-3-5-13(17)9-15(10)16(20-19)8-12-4-6-14(18)7-11(12)2/h3-7,9,16,20H,8,19H2,1-2H3. The number of nitrogens with one attached hydrogen (secondary N) is 1. The van der Waals surface area contributed by atoms with Crippen molar-refractivity contribution in [2.45, 2.75) is 26.3 Å².